The minimum absolute atomic E-state index is 0.0360. The van der Waals surface area contributed by atoms with E-state index in [0.29, 0.717) is 0 Å². The van der Waals surface area contributed by atoms with E-state index >= 15 is 0 Å². The number of nitrogens with zero attached hydrogens (tertiary/aromatic N) is 16. The number of rotatable bonds is 14. The van der Waals surface area contributed by atoms with E-state index < -0.39 is 29.8 Å². The zero-order chi connectivity index (χ0) is 48.6. The minimum Gasteiger partial charge on any atom is -0.493 e. The van der Waals surface area contributed by atoms with Crippen LogP contribution in [0.25, 0.3) is 28.0 Å². The van der Waals surface area contributed by atoms with Crippen molar-refractivity contribution in [3.63, 3.8) is 0 Å². The Hall–Kier alpha value is -9.48. The predicted octanol–water partition coefficient (Wildman–Crippen LogP) is 6.20. The molecule has 29 heteroatoms. The number of aryl methyl sites for hydroxylation is 2. The molecule has 0 aliphatic heterocycles. The molecule has 0 saturated carbocycles. The summed E-state index contributed by atoms with van der Waals surface area (Å²) >= 11 is 2.14. The molecule has 0 saturated heterocycles. The molecule has 9 N–H and O–H groups in total. The highest BCUT2D eigenvalue weighted by Gasteiger charge is 2.26. The van der Waals surface area contributed by atoms with Crippen LogP contribution in [0.3, 0.4) is 0 Å². The zero-order valence-electron chi connectivity index (χ0n) is 34.5. The van der Waals surface area contributed by atoms with Crippen molar-refractivity contribution in [1.82, 2.24) is 49.1 Å². The summed E-state index contributed by atoms with van der Waals surface area (Å²) in [6.07, 6.45) is 3.26. The summed E-state index contributed by atoms with van der Waals surface area (Å²) in [6.45, 7) is 10.9. The second-order valence-corrected chi connectivity index (χ2v) is 15.0. The lowest BCUT2D eigenvalue weighted by molar-refractivity contribution is 0.0676. The van der Waals surface area contributed by atoms with Crippen LogP contribution in [0.1, 0.15) is 58.4 Å². The molecule has 0 atom stereocenters. The lowest BCUT2D eigenvalue weighted by Gasteiger charge is -2.08. The van der Waals surface area contributed by atoms with Gasteiger partial charge in [0.1, 0.15) is 21.7 Å². The van der Waals surface area contributed by atoms with Crippen LogP contribution in [0.5, 0.6) is 5.88 Å². The number of benzene rings is 2. The van der Waals surface area contributed by atoms with Crippen LogP contribution in [0.4, 0.5) is 40.3 Å². The zero-order valence-corrected chi connectivity index (χ0v) is 36.2. The number of azo groups is 2. The molecule has 5 heterocycles. The number of aromatic nitrogens is 10. The van der Waals surface area contributed by atoms with E-state index in [1.54, 1.807) is 12.5 Å². The first kappa shape index (κ1) is 45.5. The van der Waals surface area contributed by atoms with Crippen LogP contribution in [0, 0.1) is 31.8 Å². The van der Waals surface area contributed by atoms with Gasteiger partial charge in [-0.25, -0.2) is 33.4 Å². The van der Waals surface area contributed by atoms with E-state index in [1.165, 1.54) is 13.8 Å². The number of hydrogen-bond acceptors (Lipinski definition) is 20. The second kappa shape index (κ2) is 17.9. The summed E-state index contributed by atoms with van der Waals surface area (Å²) in [5.74, 6) is -7.48. The van der Waals surface area contributed by atoms with Gasteiger partial charge < -0.3 is 37.0 Å². The van der Waals surface area contributed by atoms with E-state index in [1.807, 2.05) is 6.07 Å². The normalized spacial score (nSPS) is 11.3. The average molecular weight is 945 g/mol. The number of carboxylic acids is 4. The summed E-state index contributed by atoms with van der Waals surface area (Å²) in [5, 5.41) is 94.2. The van der Waals surface area contributed by atoms with Crippen molar-refractivity contribution in [2.45, 2.75) is 23.9 Å². The topological polar surface area (TPSA) is 396 Å². The molecule has 0 aliphatic carbocycles. The van der Waals surface area contributed by atoms with Crippen molar-refractivity contribution in [2.75, 3.05) is 24.0 Å². The molecule has 7 rings (SSSR count). The number of aromatic carboxylic acids is 4. The highest BCUT2D eigenvalue weighted by molar-refractivity contribution is 7.98. The van der Waals surface area contributed by atoms with Crippen molar-refractivity contribution >= 4 is 87.7 Å². The molecule has 336 valence electrons. The molecule has 7 aromatic rings. The molecule has 27 nitrogen and oxygen atoms in total. The van der Waals surface area contributed by atoms with Crippen LogP contribution in [0.2, 0.25) is 0 Å². The van der Waals surface area contributed by atoms with Crippen LogP contribution in [-0.4, -0.2) is 111 Å². The van der Waals surface area contributed by atoms with Gasteiger partial charge in [0, 0.05) is 6.07 Å². The van der Waals surface area contributed by atoms with Gasteiger partial charge in [-0.05, 0) is 62.8 Å². The Kier molecular flexibility index (Phi) is 12.2. The van der Waals surface area contributed by atoms with Crippen LogP contribution in [0.15, 0.2) is 73.0 Å². The summed E-state index contributed by atoms with van der Waals surface area (Å²) in [4.78, 5) is 59.5. The molecule has 0 bridgehead atoms. The number of nitrogen functional groups attached to an aromatic ring is 2. The van der Waals surface area contributed by atoms with E-state index in [0.717, 1.165) is 84.7 Å². The Balaban J connectivity index is 1.27. The fourth-order valence-electron chi connectivity index (χ4n) is 6.21. The molecule has 5 aromatic heterocycles. The molecule has 0 spiro atoms. The molecule has 0 radical (unpaired) electrons. The number of nitrogens with two attached hydrogens (primary N) is 2. The van der Waals surface area contributed by atoms with Crippen molar-refractivity contribution in [2.24, 2.45) is 20.5 Å². The largest absolute Gasteiger partial charge is 0.493 e. The number of nitriles is 1. The molecule has 0 unspecified atom stereocenters. The Morgan fingerprint density at radius 1 is 0.657 bits per heavy atom. The lowest BCUT2D eigenvalue weighted by Crippen LogP contribution is -2.11. The number of anilines is 2. The number of aromatic hydroxyl groups is 1. The fraction of sp³-hybridized carbons (Fsp3) is 0.105. The lowest BCUT2D eigenvalue weighted by atomic mass is 10.1. The van der Waals surface area contributed by atoms with E-state index in [4.69, 9.17) is 18.0 Å². The van der Waals surface area contributed by atoms with Gasteiger partial charge in [0.25, 0.3) is 11.6 Å². The highest BCUT2D eigenvalue weighted by atomic mass is 32.2. The van der Waals surface area contributed by atoms with Crippen molar-refractivity contribution in [3.8, 4) is 35.1 Å². The summed E-state index contributed by atoms with van der Waals surface area (Å²) in [5.41, 5.74) is 11.5. The molecule has 0 aliphatic rings. The fourth-order valence-corrected chi connectivity index (χ4v) is 7.20. The van der Waals surface area contributed by atoms with E-state index in [2.05, 4.69) is 55.7 Å². The average Bonchev–Trinajstić information content (AvgIpc) is 4.02. The van der Waals surface area contributed by atoms with E-state index in [9.17, 15) is 50.0 Å². The van der Waals surface area contributed by atoms with Gasteiger partial charge in [-0.3, -0.25) is 0 Å². The smallest absolute Gasteiger partial charge is 0.335 e. The van der Waals surface area contributed by atoms with Gasteiger partial charge in [-0.2, -0.15) is 45.0 Å². The van der Waals surface area contributed by atoms with Gasteiger partial charge in [0.2, 0.25) is 5.88 Å². The van der Waals surface area contributed by atoms with Crippen molar-refractivity contribution < 1.29 is 44.7 Å². The third-order valence-electron chi connectivity index (χ3n) is 9.27. The summed E-state index contributed by atoms with van der Waals surface area (Å²) in [6, 6.07) is 9.62. The molecule has 0 amide bonds. The van der Waals surface area contributed by atoms with Gasteiger partial charge in [-0.1, -0.05) is 0 Å². The third kappa shape index (κ3) is 8.51. The number of thioether (sulfide) groups is 2. The Morgan fingerprint density at radius 3 is 1.57 bits per heavy atom. The maximum absolute atomic E-state index is 11.9. The standard InChI is InChI=1S/C38H28N18O9S2/c1-14-25(46-48-31-27(42-3)33(67-5)52-54(31)21-10-18(36(62)63)7-19(11-21)37(64)65)28(40)55(49-14)23-12-24(57)44-38(43-23)56-29(41)26(15(2)50-56)45-47-30-22(13-39)32(66-4)51-53(30)20-8-16(34(58)59)6-17(9-20)35(60)61/h6-12H,40-41H2,1-2,4-5H3,(H,58,59)(H,60,61)(H,62,63)(H,64,65)(H,43,44,57). The molecule has 67 heavy (non-hydrogen) atoms. The minimum atomic E-state index is -1.42. The Morgan fingerprint density at radius 2 is 1.10 bits per heavy atom. The molecular weight excluding hydrogens is 917 g/mol. The third-order valence-corrected chi connectivity index (χ3v) is 10.6. The van der Waals surface area contributed by atoms with Gasteiger partial charge in [0.15, 0.2) is 40.5 Å². The van der Waals surface area contributed by atoms with Gasteiger partial charge in [0.05, 0.1) is 51.6 Å². The summed E-state index contributed by atoms with van der Waals surface area (Å²) < 4.78 is 4.23. The van der Waals surface area contributed by atoms with Crippen LogP contribution >= 0.6 is 23.5 Å². The number of carbonyl (C=O) groups is 4. The maximum atomic E-state index is 11.9. The predicted molar refractivity (Wildman–Crippen MR) is 234 cm³/mol. The quantitative estimate of drug-likeness (QED) is 0.0362. The number of carboxylic acid groups (broad SMARTS) is 4. The first-order valence-corrected chi connectivity index (χ1v) is 20.8. The highest BCUT2D eigenvalue weighted by Crippen LogP contribution is 2.41. The molecular formula is C38H28N18O9S2. The number of hydrogen-bond donors (Lipinski definition) is 7. The van der Waals surface area contributed by atoms with Crippen LogP contribution < -0.4 is 11.5 Å². The summed E-state index contributed by atoms with van der Waals surface area (Å²) in [7, 11) is 0. The van der Waals surface area contributed by atoms with E-state index in [-0.39, 0.29) is 113 Å². The molecule has 2 aromatic carbocycles. The first-order valence-electron chi connectivity index (χ1n) is 18.4. The van der Waals surface area contributed by atoms with Crippen LogP contribution in [-0.2, 0) is 0 Å². The first-order chi connectivity index (χ1) is 31.9. The molecule has 0 fully saturated rings. The second-order valence-electron chi connectivity index (χ2n) is 13.4. The maximum Gasteiger partial charge on any atom is 0.335 e. The van der Waals surface area contributed by atoms with Crippen molar-refractivity contribution in [3.05, 3.63) is 93.1 Å². The Labute approximate surface area is 382 Å². The van der Waals surface area contributed by atoms with Gasteiger partial charge in [-0.15, -0.1) is 44.0 Å². The SMILES string of the molecule is [C-]#[N+]c1c(SC)nn(-c2cc(C(=O)O)cc(C(=O)O)c2)c1N=Nc1c(C)nn(-c2cc(O)nc(-n3nc(C)c(N=Nc4c(C#N)c(SC)nn4-c4cc(C(=O)O)cc(C(=O)O)c4)c3N)n2)c1N. The monoisotopic (exact) mass is 944 g/mol. The van der Waals surface area contributed by atoms with Gasteiger partial charge >= 0.3 is 23.9 Å². The Bertz CT molecular complexity index is 3130. The van der Waals surface area contributed by atoms with Crippen molar-refractivity contribution in [1.29, 1.82) is 5.26 Å².